The van der Waals surface area contributed by atoms with Crippen LogP contribution in [-0.4, -0.2) is 35.7 Å². The van der Waals surface area contributed by atoms with E-state index in [4.69, 9.17) is 5.11 Å². The Balaban J connectivity index is 0.00000256. The number of aliphatic hydroxyl groups is 1. The lowest BCUT2D eigenvalue weighted by Gasteiger charge is -2.21. The molecule has 7 heteroatoms. The second-order valence-electron chi connectivity index (χ2n) is 3.64. The Bertz CT molecular complexity index is 300. The highest BCUT2D eigenvalue weighted by atomic mass is 19.4. The summed E-state index contributed by atoms with van der Waals surface area (Å²) >= 11 is 0. The van der Waals surface area contributed by atoms with Crippen molar-refractivity contribution in [2.45, 2.75) is 31.9 Å². The number of alkyl halides is 3. The lowest BCUT2D eigenvalue weighted by molar-refractivity contribution is -0.166. The molecular formula is C10H16F3NO3. The molecule has 0 saturated carbocycles. The summed E-state index contributed by atoms with van der Waals surface area (Å²) in [5.74, 6) is -1.76. The number of halogens is 3. The van der Waals surface area contributed by atoms with Crippen LogP contribution in [0.5, 0.6) is 0 Å². The molecule has 100 valence electrons. The van der Waals surface area contributed by atoms with Gasteiger partial charge in [0.05, 0.1) is 6.61 Å². The highest BCUT2D eigenvalue weighted by molar-refractivity contribution is 6.00. The zero-order valence-electron chi connectivity index (χ0n) is 9.23. The third-order valence-electron chi connectivity index (χ3n) is 2.45. The maximum atomic E-state index is 12.3. The Hall–Kier alpha value is -1.08. The number of nitrogens with one attached hydrogen (secondary N) is 1. The minimum Gasteiger partial charge on any atom is -0.412 e. The predicted octanol–water partition coefficient (Wildman–Crippen LogP) is 0.703. The van der Waals surface area contributed by atoms with Crippen LogP contribution in [0.2, 0.25) is 0 Å². The molecule has 0 amide bonds. The molecule has 0 aromatic carbocycles. The van der Waals surface area contributed by atoms with Gasteiger partial charge in [-0.1, -0.05) is 0 Å². The van der Waals surface area contributed by atoms with Gasteiger partial charge >= 0.3 is 6.18 Å². The van der Waals surface area contributed by atoms with Crippen LogP contribution in [0.1, 0.15) is 25.7 Å². The molecule has 0 atom stereocenters. The van der Waals surface area contributed by atoms with Crippen LogP contribution in [0.4, 0.5) is 13.2 Å². The van der Waals surface area contributed by atoms with Gasteiger partial charge in [-0.3, -0.25) is 4.79 Å². The van der Waals surface area contributed by atoms with E-state index >= 15 is 0 Å². The number of Topliss-reactive ketones (excluding diaryl/α,β-unsaturated/α-hetero) is 1. The van der Waals surface area contributed by atoms with Gasteiger partial charge in [0.25, 0.3) is 5.78 Å². The number of carbonyl (C=O) groups excluding carboxylic acids is 1. The molecular weight excluding hydrogens is 239 g/mol. The van der Waals surface area contributed by atoms with Crippen LogP contribution in [0.3, 0.4) is 0 Å². The predicted molar refractivity (Wildman–Crippen MR) is 55.3 cm³/mol. The van der Waals surface area contributed by atoms with Crippen molar-refractivity contribution in [3.63, 3.8) is 0 Å². The quantitative estimate of drug-likeness (QED) is 0.776. The van der Waals surface area contributed by atoms with Crippen LogP contribution in [0, 0.1) is 0 Å². The Labute approximate surface area is 96.8 Å². The Morgan fingerprint density at radius 3 is 2.41 bits per heavy atom. The highest BCUT2D eigenvalue weighted by Gasteiger charge is 2.41. The Morgan fingerprint density at radius 1 is 1.29 bits per heavy atom. The SMILES string of the molecule is O.O=C(C1=C(NCCO)CCCC1)C(F)(F)F. The molecule has 0 spiro atoms. The average molecular weight is 255 g/mol. The summed E-state index contributed by atoms with van der Waals surface area (Å²) < 4.78 is 36.8. The van der Waals surface area contributed by atoms with Crippen molar-refractivity contribution in [2.24, 2.45) is 0 Å². The third kappa shape index (κ3) is 4.35. The van der Waals surface area contributed by atoms with E-state index in [9.17, 15) is 18.0 Å². The minimum atomic E-state index is -4.81. The summed E-state index contributed by atoms with van der Waals surface area (Å²) in [6.45, 7) is 0.000951. The van der Waals surface area contributed by atoms with E-state index in [1.807, 2.05) is 0 Å². The molecule has 0 saturated heterocycles. The van der Waals surface area contributed by atoms with Crippen LogP contribution in [0.25, 0.3) is 0 Å². The normalized spacial score (nSPS) is 16.5. The molecule has 1 aliphatic carbocycles. The summed E-state index contributed by atoms with van der Waals surface area (Å²) in [5, 5.41) is 11.3. The maximum Gasteiger partial charge on any atom is 0.454 e. The van der Waals surface area contributed by atoms with E-state index < -0.39 is 12.0 Å². The first kappa shape index (κ1) is 15.9. The zero-order valence-corrected chi connectivity index (χ0v) is 9.23. The van der Waals surface area contributed by atoms with Crippen molar-refractivity contribution < 1.29 is 28.5 Å². The van der Waals surface area contributed by atoms with Gasteiger partial charge in [-0.25, -0.2) is 0 Å². The summed E-state index contributed by atoms with van der Waals surface area (Å²) in [6.07, 6.45) is -2.84. The fourth-order valence-corrected chi connectivity index (χ4v) is 1.73. The molecule has 0 aromatic heterocycles. The van der Waals surface area contributed by atoms with E-state index in [0.29, 0.717) is 18.5 Å². The van der Waals surface area contributed by atoms with E-state index in [-0.39, 0.29) is 30.6 Å². The van der Waals surface area contributed by atoms with E-state index in [1.165, 1.54) is 0 Å². The number of aliphatic hydroxyl groups excluding tert-OH is 1. The van der Waals surface area contributed by atoms with Crippen molar-refractivity contribution in [2.75, 3.05) is 13.2 Å². The first-order valence-electron chi connectivity index (χ1n) is 5.15. The van der Waals surface area contributed by atoms with Crippen molar-refractivity contribution in [3.8, 4) is 0 Å². The van der Waals surface area contributed by atoms with Gasteiger partial charge in [0.15, 0.2) is 0 Å². The monoisotopic (exact) mass is 255 g/mol. The number of hydrogen-bond acceptors (Lipinski definition) is 3. The largest absolute Gasteiger partial charge is 0.454 e. The van der Waals surface area contributed by atoms with Crippen LogP contribution in [0.15, 0.2) is 11.3 Å². The molecule has 17 heavy (non-hydrogen) atoms. The number of rotatable bonds is 4. The molecule has 0 fully saturated rings. The molecule has 0 bridgehead atoms. The van der Waals surface area contributed by atoms with E-state index in [1.54, 1.807) is 0 Å². The van der Waals surface area contributed by atoms with Crippen molar-refractivity contribution in [1.82, 2.24) is 5.32 Å². The average Bonchev–Trinajstić information content (AvgIpc) is 2.24. The highest BCUT2D eigenvalue weighted by Crippen LogP contribution is 2.29. The van der Waals surface area contributed by atoms with Crippen LogP contribution >= 0.6 is 0 Å². The molecule has 0 aromatic rings. The standard InChI is InChI=1S/C10H14F3NO2.H2O/c11-10(12,13)9(16)7-3-1-2-4-8(7)14-5-6-15;/h14-15H,1-6H2;1H2. The fourth-order valence-electron chi connectivity index (χ4n) is 1.73. The second kappa shape index (κ2) is 6.61. The summed E-state index contributed by atoms with van der Waals surface area (Å²) in [7, 11) is 0. The van der Waals surface area contributed by atoms with Gasteiger partial charge in [0, 0.05) is 17.8 Å². The van der Waals surface area contributed by atoms with Gasteiger partial charge in [-0.05, 0) is 25.7 Å². The van der Waals surface area contributed by atoms with Gasteiger partial charge < -0.3 is 15.9 Å². The van der Waals surface area contributed by atoms with Gasteiger partial charge in [0.1, 0.15) is 0 Å². The van der Waals surface area contributed by atoms with Crippen LogP contribution < -0.4 is 5.32 Å². The first-order valence-corrected chi connectivity index (χ1v) is 5.15. The molecule has 1 rings (SSSR count). The molecule has 0 heterocycles. The second-order valence-corrected chi connectivity index (χ2v) is 3.64. The topological polar surface area (TPSA) is 80.8 Å². The lowest BCUT2D eigenvalue weighted by Crippen LogP contribution is -2.30. The van der Waals surface area contributed by atoms with Crippen molar-refractivity contribution in [1.29, 1.82) is 0 Å². The molecule has 0 radical (unpaired) electrons. The maximum absolute atomic E-state index is 12.3. The van der Waals surface area contributed by atoms with Gasteiger partial charge in [-0.15, -0.1) is 0 Å². The van der Waals surface area contributed by atoms with Gasteiger partial charge in [0.2, 0.25) is 0 Å². The molecule has 0 aliphatic heterocycles. The summed E-state index contributed by atoms with van der Waals surface area (Å²) in [6, 6.07) is 0. The third-order valence-corrected chi connectivity index (χ3v) is 2.45. The van der Waals surface area contributed by atoms with Gasteiger partial charge in [-0.2, -0.15) is 13.2 Å². The minimum absolute atomic E-state index is 0. The first-order chi connectivity index (χ1) is 7.46. The number of carbonyl (C=O) groups is 1. The van der Waals surface area contributed by atoms with E-state index in [0.717, 1.165) is 6.42 Å². The smallest absolute Gasteiger partial charge is 0.412 e. The Morgan fingerprint density at radius 2 is 1.88 bits per heavy atom. The van der Waals surface area contributed by atoms with Crippen molar-refractivity contribution >= 4 is 5.78 Å². The van der Waals surface area contributed by atoms with Crippen molar-refractivity contribution in [3.05, 3.63) is 11.3 Å². The van der Waals surface area contributed by atoms with E-state index in [2.05, 4.69) is 5.32 Å². The number of hydrogen-bond donors (Lipinski definition) is 2. The number of ketones is 1. The fraction of sp³-hybridized carbons (Fsp3) is 0.700. The summed E-state index contributed by atoms with van der Waals surface area (Å²) in [4.78, 5) is 11.1. The lowest BCUT2D eigenvalue weighted by atomic mass is 9.93. The van der Waals surface area contributed by atoms with Crippen LogP contribution in [-0.2, 0) is 4.79 Å². The number of allylic oxidation sites excluding steroid dienone is 2. The molecule has 0 unspecified atom stereocenters. The Kier molecular flexibility index (Phi) is 6.19. The zero-order chi connectivity index (χ0) is 12.2. The molecule has 4 nitrogen and oxygen atoms in total. The molecule has 4 N–H and O–H groups in total. The molecule has 1 aliphatic rings. The summed E-state index contributed by atoms with van der Waals surface area (Å²) in [5.41, 5.74) is 0.162.